The molecule has 1 aromatic rings. The average molecular weight is 268 g/mol. The zero-order valence-electron chi connectivity index (χ0n) is 10.3. The van der Waals surface area contributed by atoms with Gasteiger partial charge in [-0.05, 0) is 44.1 Å². The van der Waals surface area contributed by atoms with E-state index in [1.54, 1.807) is 18.2 Å². The second-order valence-corrected chi connectivity index (χ2v) is 4.99. The number of hydrogen-bond donors (Lipinski definition) is 2. The summed E-state index contributed by atoms with van der Waals surface area (Å²) in [5, 5.41) is 3.28. The van der Waals surface area contributed by atoms with Crippen LogP contribution in [0.15, 0.2) is 18.2 Å². The number of amides is 1. The fourth-order valence-corrected chi connectivity index (χ4v) is 2.35. The largest absolute Gasteiger partial charge is 0.399 e. The van der Waals surface area contributed by atoms with Crippen LogP contribution in [-0.2, 0) is 4.79 Å². The third-order valence-corrected chi connectivity index (χ3v) is 3.43. The highest BCUT2D eigenvalue weighted by atomic mass is 35.5. The highest BCUT2D eigenvalue weighted by molar-refractivity contribution is 6.34. The van der Waals surface area contributed by atoms with Gasteiger partial charge < -0.3 is 16.0 Å². The highest BCUT2D eigenvalue weighted by Gasteiger charge is 2.13. The first kappa shape index (κ1) is 13.2. The lowest BCUT2D eigenvalue weighted by molar-refractivity contribution is -0.116. The smallest absolute Gasteiger partial charge is 0.225 e. The first-order valence-corrected chi connectivity index (χ1v) is 6.60. The Morgan fingerprint density at radius 3 is 2.78 bits per heavy atom. The van der Waals surface area contributed by atoms with E-state index in [0.717, 1.165) is 19.6 Å². The highest BCUT2D eigenvalue weighted by Crippen LogP contribution is 2.24. The van der Waals surface area contributed by atoms with Gasteiger partial charge >= 0.3 is 0 Å². The van der Waals surface area contributed by atoms with Gasteiger partial charge in [-0.25, -0.2) is 0 Å². The van der Waals surface area contributed by atoms with Crippen molar-refractivity contribution in [2.45, 2.75) is 19.3 Å². The van der Waals surface area contributed by atoms with Gasteiger partial charge in [-0.15, -0.1) is 0 Å². The van der Waals surface area contributed by atoms with Crippen LogP contribution >= 0.6 is 11.6 Å². The number of carbonyl (C=O) groups is 1. The van der Waals surface area contributed by atoms with Crippen molar-refractivity contribution in [3.8, 4) is 0 Å². The van der Waals surface area contributed by atoms with Crippen molar-refractivity contribution in [3.05, 3.63) is 23.2 Å². The van der Waals surface area contributed by atoms with Gasteiger partial charge in [0.15, 0.2) is 0 Å². The summed E-state index contributed by atoms with van der Waals surface area (Å²) in [7, 11) is 0. The summed E-state index contributed by atoms with van der Waals surface area (Å²) < 4.78 is 0. The lowest BCUT2D eigenvalue weighted by Gasteiger charge is -2.14. The number of nitrogen functional groups attached to an aromatic ring is 1. The van der Waals surface area contributed by atoms with Crippen LogP contribution in [0.25, 0.3) is 0 Å². The molecule has 1 saturated heterocycles. The molecular formula is C13H18ClN3O. The first-order chi connectivity index (χ1) is 8.65. The van der Waals surface area contributed by atoms with Crippen LogP contribution in [-0.4, -0.2) is 30.4 Å². The summed E-state index contributed by atoms with van der Waals surface area (Å²) in [4.78, 5) is 14.1. The molecule has 4 nitrogen and oxygen atoms in total. The molecule has 0 bridgehead atoms. The van der Waals surface area contributed by atoms with Crippen molar-refractivity contribution in [1.29, 1.82) is 0 Å². The van der Waals surface area contributed by atoms with E-state index < -0.39 is 0 Å². The molecule has 1 fully saturated rings. The Labute approximate surface area is 112 Å². The maximum atomic E-state index is 11.8. The van der Waals surface area contributed by atoms with Crippen LogP contribution in [0.5, 0.6) is 0 Å². The number of nitrogens with two attached hydrogens (primary N) is 1. The molecule has 5 heteroatoms. The third-order valence-electron chi connectivity index (χ3n) is 3.12. The van der Waals surface area contributed by atoms with Gasteiger partial charge in [0.25, 0.3) is 0 Å². The molecule has 0 unspecified atom stereocenters. The maximum absolute atomic E-state index is 11.8. The number of nitrogens with one attached hydrogen (secondary N) is 1. The van der Waals surface area contributed by atoms with Crippen LogP contribution in [0.1, 0.15) is 19.3 Å². The summed E-state index contributed by atoms with van der Waals surface area (Å²) in [6.45, 7) is 3.03. The SMILES string of the molecule is Nc1ccc(NC(=O)CCN2CCCC2)c(Cl)c1. The fourth-order valence-electron chi connectivity index (χ4n) is 2.11. The molecule has 1 aliphatic rings. The van der Waals surface area contributed by atoms with Crippen molar-refractivity contribution in [1.82, 2.24) is 4.90 Å². The summed E-state index contributed by atoms with van der Waals surface area (Å²) in [6, 6.07) is 5.09. The molecule has 1 aliphatic heterocycles. The van der Waals surface area contributed by atoms with Crippen molar-refractivity contribution in [2.75, 3.05) is 30.7 Å². The molecule has 0 radical (unpaired) electrons. The van der Waals surface area contributed by atoms with Crippen molar-refractivity contribution >= 4 is 28.9 Å². The summed E-state index contributed by atoms with van der Waals surface area (Å²) in [5.74, 6) is -0.00595. The van der Waals surface area contributed by atoms with Gasteiger partial charge in [-0.1, -0.05) is 11.6 Å². The Morgan fingerprint density at radius 1 is 1.39 bits per heavy atom. The molecule has 1 heterocycles. The van der Waals surface area contributed by atoms with Gasteiger partial charge in [0, 0.05) is 18.7 Å². The normalized spacial score (nSPS) is 15.8. The molecule has 0 aliphatic carbocycles. The molecule has 0 spiro atoms. The van der Waals surface area contributed by atoms with E-state index in [0.29, 0.717) is 22.8 Å². The van der Waals surface area contributed by atoms with E-state index in [4.69, 9.17) is 17.3 Å². The Balaban J connectivity index is 1.82. The minimum absolute atomic E-state index is 0.00595. The van der Waals surface area contributed by atoms with E-state index in [1.165, 1.54) is 12.8 Å². The van der Waals surface area contributed by atoms with Crippen molar-refractivity contribution < 1.29 is 4.79 Å². The topological polar surface area (TPSA) is 58.4 Å². The van der Waals surface area contributed by atoms with E-state index in [1.807, 2.05) is 0 Å². The summed E-state index contributed by atoms with van der Waals surface area (Å²) in [5.41, 5.74) is 6.81. The van der Waals surface area contributed by atoms with Gasteiger partial charge in [-0.3, -0.25) is 4.79 Å². The molecule has 3 N–H and O–H groups in total. The van der Waals surface area contributed by atoms with Crippen LogP contribution in [0.2, 0.25) is 5.02 Å². The molecule has 2 rings (SSSR count). The number of benzene rings is 1. The number of hydrogen-bond acceptors (Lipinski definition) is 3. The van der Waals surface area contributed by atoms with Crippen LogP contribution in [0, 0.1) is 0 Å². The maximum Gasteiger partial charge on any atom is 0.225 e. The van der Waals surface area contributed by atoms with E-state index >= 15 is 0 Å². The third kappa shape index (κ3) is 3.62. The Bertz CT molecular complexity index is 430. The number of anilines is 2. The predicted octanol–water partition coefficient (Wildman–Crippen LogP) is 2.35. The molecule has 0 atom stereocenters. The van der Waals surface area contributed by atoms with Gasteiger partial charge in [0.1, 0.15) is 0 Å². The number of likely N-dealkylation sites (tertiary alicyclic amines) is 1. The van der Waals surface area contributed by atoms with Crippen molar-refractivity contribution in [3.63, 3.8) is 0 Å². The monoisotopic (exact) mass is 267 g/mol. The number of rotatable bonds is 4. The summed E-state index contributed by atoms with van der Waals surface area (Å²) in [6.07, 6.45) is 2.98. The second kappa shape index (κ2) is 6.07. The number of carbonyl (C=O) groups excluding carboxylic acids is 1. The molecule has 1 amide bonds. The van der Waals surface area contributed by atoms with E-state index in [2.05, 4.69) is 10.2 Å². The van der Waals surface area contributed by atoms with Crippen molar-refractivity contribution in [2.24, 2.45) is 0 Å². The fraction of sp³-hybridized carbons (Fsp3) is 0.462. The van der Waals surface area contributed by atoms with Gasteiger partial charge in [0.2, 0.25) is 5.91 Å². The predicted molar refractivity (Wildman–Crippen MR) is 74.8 cm³/mol. The standard InChI is InChI=1S/C13H18ClN3O/c14-11-9-10(15)3-4-12(11)16-13(18)5-8-17-6-1-2-7-17/h3-4,9H,1-2,5-8,15H2,(H,16,18). The minimum atomic E-state index is -0.00595. The molecular weight excluding hydrogens is 250 g/mol. The molecule has 98 valence electrons. The zero-order valence-corrected chi connectivity index (χ0v) is 11.0. The molecule has 0 aromatic heterocycles. The Kier molecular flexibility index (Phi) is 4.44. The minimum Gasteiger partial charge on any atom is -0.399 e. The number of nitrogens with zero attached hydrogens (tertiary/aromatic N) is 1. The van der Waals surface area contributed by atoms with Crippen LogP contribution < -0.4 is 11.1 Å². The second-order valence-electron chi connectivity index (χ2n) is 4.59. The van der Waals surface area contributed by atoms with E-state index in [9.17, 15) is 4.79 Å². The summed E-state index contributed by atoms with van der Waals surface area (Å²) >= 11 is 6.00. The first-order valence-electron chi connectivity index (χ1n) is 6.22. The average Bonchev–Trinajstić information content (AvgIpc) is 2.83. The van der Waals surface area contributed by atoms with Crippen LogP contribution in [0.4, 0.5) is 11.4 Å². The zero-order chi connectivity index (χ0) is 13.0. The van der Waals surface area contributed by atoms with Gasteiger partial charge in [0.05, 0.1) is 10.7 Å². The molecule has 18 heavy (non-hydrogen) atoms. The lowest BCUT2D eigenvalue weighted by atomic mass is 10.2. The molecule has 0 saturated carbocycles. The quantitative estimate of drug-likeness (QED) is 0.824. The van der Waals surface area contributed by atoms with E-state index in [-0.39, 0.29) is 5.91 Å². The van der Waals surface area contributed by atoms with Gasteiger partial charge in [-0.2, -0.15) is 0 Å². The van der Waals surface area contributed by atoms with Crippen LogP contribution in [0.3, 0.4) is 0 Å². The number of halogens is 1. The lowest BCUT2D eigenvalue weighted by Crippen LogP contribution is -2.25. The Morgan fingerprint density at radius 2 is 2.11 bits per heavy atom. The molecule has 1 aromatic carbocycles. The Hall–Kier alpha value is -1.26.